The molecule has 6 nitrogen and oxygen atoms in total. The average molecular weight is 445 g/mol. The highest BCUT2D eigenvalue weighted by atomic mass is 16.7. The largest absolute Gasteiger partial charge is 0.494 e. The Morgan fingerprint density at radius 2 is 1.50 bits per heavy atom. The molecule has 1 aliphatic heterocycles. The lowest BCUT2D eigenvalue weighted by molar-refractivity contribution is -0.123. The molecule has 0 unspecified atom stereocenters. The molecule has 1 saturated heterocycles. The predicted molar refractivity (Wildman–Crippen MR) is 127 cm³/mol. The summed E-state index contributed by atoms with van der Waals surface area (Å²) in [5, 5.41) is 12.8. The summed E-state index contributed by atoms with van der Waals surface area (Å²) in [4.78, 5) is 12.4. The summed E-state index contributed by atoms with van der Waals surface area (Å²) in [6.45, 7) is 14.4. The smallest absolute Gasteiger partial charge is 0.438 e. The molecule has 2 aliphatic rings. The van der Waals surface area contributed by atoms with E-state index in [1.165, 1.54) is 0 Å². The van der Waals surface area contributed by atoms with Gasteiger partial charge in [-0.3, -0.25) is 0 Å². The highest BCUT2D eigenvalue weighted by Crippen LogP contribution is 2.47. The summed E-state index contributed by atoms with van der Waals surface area (Å²) in [7, 11) is -0.420. The molecule has 1 amide bonds. The molecule has 7 heteroatoms. The van der Waals surface area contributed by atoms with Gasteiger partial charge in [-0.25, -0.2) is 4.79 Å². The van der Waals surface area contributed by atoms with Crippen molar-refractivity contribution in [3.05, 3.63) is 29.8 Å². The lowest BCUT2D eigenvalue weighted by atomic mass is 9.71. The number of nitrogens with one attached hydrogen (secondary N) is 1. The zero-order valence-electron chi connectivity index (χ0n) is 20.8. The first-order valence-electron chi connectivity index (χ1n) is 12.1. The second kappa shape index (κ2) is 9.00. The molecule has 0 spiro atoms. The van der Waals surface area contributed by atoms with Gasteiger partial charge in [0.05, 0.1) is 17.3 Å². The number of hydrogen-bond donors (Lipinski definition) is 2. The fourth-order valence-corrected chi connectivity index (χ4v) is 5.44. The number of benzene rings is 1. The van der Waals surface area contributed by atoms with E-state index in [9.17, 15) is 9.90 Å². The van der Waals surface area contributed by atoms with E-state index in [1.807, 2.05) is 45.0 Å². The second-order valence-corrected chi connectivity index (χ2v) is 10.4. The highest BCUT2D eigenvalue weighted by molar-refractivity contribution is 6.62. The number of ether oxygens (including phenoxy) is 1. The Kier molecular flexibility index (Phi) is 7.05. The Bertz CT molecular complexity index is 770. The van der Waals surface area contributed by atoms with Crippen LogP contribution in [0.3, 0.4) is 0 Å². The lowest BCUT2D eigenvalue weighted by Gasteiger charge is -2.45. The molecule has 1 heterocycles. The minimum Gasteiger partial charge on any atom is -0.438 e. The van der Waals surface area contributed by atoms with Crippen LogP contribution in [0.1, 0.15) is 92.6 Å². The zero-order chi connectivity index (χ0) is 23.8. The summed E-state index contributed by atoms with van der Waals surface area (Å²) in [5.74, 6) is 0. The summed E-state index contributed by atoms with van der Waals surface area (Å²) in [6.07, 6.45) is 3.45. The van der Waals surface area contributed by atoms with Gasteiger partial charge in [0.15, 0.2) is 0 Å². The van der Waals surface area contributed by atoms with E-state index in [0.29, 0.717) is 12.8 Å². The van der Waals surface area contributed by atoms with Crippen molar-refractivity contribution in [2.45, 2.75) is 115 Å². The van der Waals surface area contributed by atoms with Crippen LogP contribution in [0.25, 0.3) is 0 Å². The zero-order valence-corrected chi connectivity index (χ0v) is 20.8. The van der Waals surface area contributed by atoms with Gasteiger partial charge in [-0.05, 0) is 57.5 Å². The monoisotopic (exact) mass is 445 g/mol. The number of alkyl carbamates (subject to hydrolysis) is 1. The molecule has 2 fully saturated rings. The van der Waals surface area contributed by atoms with Gasteiger partial charge in [0.2, 0.25) is 0 Å². The van der Waals surface area contributed by atoms with Crippen molar-refractivity contribution in [2.24, 2.45) is 0 Å². The van der Waals surface area contributed by atoms with Crippen LogP contribution in [0.15, 0.2) is 24.3 Å². The molecular weight excluding hydrogens is 405 g/mol. The van der Waals surface area contributed by atoms with Gasteiger partial charge < -0.3 is 24.5 Å². The minimum atomic E-state index is -0.808. The standard InChI is InChI=1S/C25H40BNO5/c1-8-24(9-2)25(10-3,11-4)32-26(31-24)19-14-12-18(13-15-19)23(16-20(28)17-23)30-21(29)27-22(5,6)7/h12-15,20,28H,8-11,16-17H2,1-7H3,(H,27,29). The summed E-state index contributed by atoms with van der Waals surface area (Å²) < 4.78 is 19.0. The highest BCUT2D eigenvalue weighted by Gasteiger charge is 2.58. The molecule has 178 valence electrons. The third-order valence-corrected chi connectivity index (χ3v) is 7.38. The van der Waals surface area contributed by atoms with Gasteiger partial charge >= 0.3 is 13.2 Å². The number of aliphatic hydroxyl groups excluding tert-OH is 1. The van der Waals surface area contributed by atoms with Gasteiger partial charge in [0.1, 0.15) is 5.60 Å². The van der Waals surface area contributed by atoms with Crippen LogP contribution in [0.2, 0.25) is 0 Å². The minimum absolute atomic E-state index is 0.298. The molecule has 0 aromatic heterocycles. The molecule has 1 aromatic carbocycles. The Labute approximate surface area is 193 Å². The summed E-state index contributed by atoms with van der Waals surface area (Å²) in [5.41, 5.74) is 0.0389. The number of carbonyl (C=O) groups excluding carboxylic acids is 1. The van der Waals surface area contributed by atoms with Crippen LogP contribution in [0, 0.1) is 0 Å². The Morgan fingerprint density at radius 1 is 1.03 bits per heavy atom. The average Bonchev–Trinajstić information content (AvgIpc) is 3.06. The maximum atomic E-state index is 12.4. The van der Waals surface area contributed by atoms with Crippen molar-refractivity contribution in [1.29, 1.82) is 0 Å². The molecule has 3 rings (SSSR count). The number of hydrogen-bond acceptors (Lipinski definition) is 5. The van der Waals surface area contributed by atoms with Gasteiger partial charge in [-0.2, -0.15) is 0 Å². The number of aliphatic hydroxyl groups is 1. The molecule has 1 aliphatic carbocycles. The first-order valence-corrected chi connectivity index (χ1v) is 12.1. The molecule has 0 radical (unpaired) electrons. The molecule has 32 heavy (non-hydrogen) atoms. The van der Waals surface area contributed by atoms with E-state index in [4.69, 9.17) is 14.0 Å². The lowest BCUT2D eigenvalue weighted by Crippen LogP contribution is -2.52. The van der Waals surface area contributed by atoms with E-state index >= 15 is 0 Å². The molecular formula is C25H40BNO5. The van der Waals surface area contributed by atoms with Gasteiger partial charge in [0, 0.05) is 18.4 Å². The van der Waals surface area contributed by atoms with Crippen LogP contribution in [0.4, 0.5) is 4.79 Å². The number of rotatable bonds is 7. The van der Waals surface area contributed by atoms with Crippen LogP contribution < -0.4 is 10.8 Å². The molecule has 0 atom stereocenters. The second-order valence-electron chi connectivity index (χ2n) is 10.4. The van der Waals surface area contributed by atoms with Crippen molar-refractivity contribution in [3.8, 4) is 0 Å². The van der Waals surface area contributed by atoms with E-state index in [0.717, 1.165) is 36.7 Å². The molecule has 1 aromatic rings. The van der Waals surface area contributed by atoms with Crippen LogP contribution in [-0.2, 0) is 19.6 Å². The van der Waals surface area contributed by atoms with Crippen molar-refractivity contribution >= 4 is 18.7 Å². The van der Waals surface area contributed by atoms with Crippen molar-refractivity contribution in [1.82, 2.24) is 5.32 Å². The quantitative estimate of drug-likeness (QED) is 0.608. The van der Waals surface area contributed by atoms with E-state index in [1.54, 1.807) is 0 Å². The van der Waals surface area contributed by atoms with E-state index in [-0.39, 0.29) is 11.2 Å². The van der Waals surface area contributed by atoms with Crippen molar-refractivity contribution in [3.63, 3.8) is 0 Å². The predicted octanol–water partition coefficient (Wildman–Crippen LogP) is 4.42. The summed E-state index contributed by atoms with van der Waals surface area (Å²) in [6, 6.07) is 7.93. The fourth-order valence-electron chi connectivity index (χ4n) is 5.44. The Hall–Kier alpha value is -1.57. The Morgan fingerprint density at radius 3 is 1.88 bits per heavy atom. The fraction of sp³-hybridized carbons (Fsp3) is 0.720. The van der Waals surface area contributed by atoms with Crippen LogP contribution >= 0.6 is 0 Å². The molecule has 1 saturated carbocycles. The van der Waals surface area contributed by atoms with E-state index in [2.05, 4.69) is 33.0 Å². The third-order valence-electron chi connectivity index (χ3n) is 7.38. The van der Waals surface area contributed by atoms with Crippen LogP contribution in [0.5, 0.6) is 0 Å². The van der Waals surface area contributed by atoms with Crippen molar-refractivity contribution < 1.29 is 23.9 Å². The van der Waals surface area contributed by atoms with Gasteiger partial charge in [0.25, 0.3) is 0 Å². The summed E-state index contributed by atoms with van der Waals surface area (Å²) >= 11 is 0. The SMILES string of the molecule is CCC1(CC)OB(c2ccc(C3(OC(=O)NC(C)(C)C)CC(O)C3)cc2)OC1(CC)CC. The van der Waals surface area contributed by atoms with E-state index < -0.39 is 30.5 Å². The third kappa shape index (κ3) is 4.44. The maximum Gasteiger partial charge on any atom is 0.494 e. The normalized spacial score (nSPS) is 26.5. The Balaban J connectivity index is 1.81. The van der Waals surface area contributed by atoms with Gasteiger partial charge in [-0.15, -0.1) is 0 Å². The van der Waals surface area contributed by atoms with Crippen LogP contribution in [-0.4, -0.2) is 41.2 Å². The number of carbonyl (C=O) groups is 1. The maximum absolute atomic E-state index is 12.4. The first-order chi connectivity index (χ1) is 15.0. The topological polar surface area (TPSA) is 77.0 Å². The van der Waals surface area contributed by atoms with Gasteiger partial charge in [-0.1, -0.05) is 52.0 Å². The van der Waals surface area contributed by atoms with Crippen molar-refractivity contribution in [2.75, 3.05) is 0 Å². The molecule has 2 N–H and O–H groups in total. The first kappa shape index (κ1) is 25.1. The molecule has 0 bridgehead atoms. The number of amides is 1.